The molecule has 0 amide bonds. The van der Waals surface area contributed by atoms with E-state index in [1.165, 1.54) is 99.0 Å². The molecule has 0 saturated carbocycles. The van der Waals surface area contributed by atoms with E-state index in [2.05, 4.69) is 40.9 Å². The minimum Gasteiger partial charge on any atom is -0.505 e. The average Bonchev–Trinajstić information content (AvgIpc) is 3.33. The molecule has 0 aliphatic carbocycles. The smallest absolute Gasteiger partial charge is 0.296 e. The summed E-state index contributed by atoms with van der Waals surface area (Å²) in [6.07, 6.45) is 0. The summed E-state index contributed by atoms with van der Waals surface area (Å²) in [5, 5.41) is 56.6. The molecule has 9 aromatic rings. The van der Waals surface area contributed by atoms with Crippen LogP contribution in [0.4, 0.5) is 68.2 Å². The number of fused-ring (bicyclic) bond motifs is 2. The number of rotatable bonds is 16. The second-order valence-electron chi connectivity index (χ2n) is 20.0. The van der Waals surface area contributed by atoms with Gasteiger partial charge in [0.15, 0.2) is 11.5 Å². The van der Waals surface area contributed by atoms with Crippen LogP contribution in [0.15, 0.2) is 194 Å². The predicted molar refractivity (Wildman–Crippen MR) is 328 cm³/mol. The number of phenolic OH excluding ortho intramolecular Hbond substituents is 2. The lowest BCUT2D eigenvalue weighted by Crippen LogP contribution is -2.28. The lowest BCUT2D eigenvalue weighted by Gasteiger charge is -2.22. The highest BCUT2D eigenvalue weighted by molar-refractivity contribution is 7.93. The zero-order valence-electron chi connectivity index (χ0n) is 47.0. The number of azo groups is 4. The number of hydrogen-bond donors (Lipinski definition) is 6. The van der Waals surface area contributed by atoms with Crippen LogP contribution in [-0.4, -0.2) is 67.1 Å². The Morgan fingerprint density at radius 3 is 1.02 bits per heavy atom. The van der Waals surface area contributed by atoms with Crippen molar-refractivity contribution in [3.8, 4) is 11.5 Å². The molecule has 24 nitrogen and oxygen atoms in total. The van der Waals surface area contributed by atoms with Crippen molar-refractivity contribution < 1.29 is 53.0 Å². The Morgan fingerprint density at radius 2 is 0.709 bits per heavy atom. The quantitative estimate of drug-likeness (QED) is 0.0298. The Balaban J connectivity index is 0.907. The molecule has 0 aromatic heterocycles. The third-order valence-electron chi connectivity index (χ3n) is 14.0. The number of aromatic hydroxyl groups is 2. The molecule has 0 aliphatic rings. The van der Waals surface area contributed by atoms with Gasteiger partial charge in [-0.15, -0.1) is 20.5 Å². The number of nitrogens with zero attached hydrogens (tertiary/aromatic N) is 10. The summed E-state index contributed by atoms with van der Waals surface area (Å²) in [5.41, 5.74) is 18.2. The number of nitrogens with two attached hydrogens (primary N) is 2. The van der Waals surface area contributed by atoms with Gasteiger partial charge in [-0.2, -0.15) is 37.3 Å². The highest BCUT2D eigenvalue weighted by atomic mass is 32.2. The van der Waals surface area contributed by atoms with E-state index in [4.69, 9.17) is 11.5 Å². The Bertz CT molecular complexity index is 4560. The van der Waals surface area contributed by atoms with Crippen LogP contribution in [-0.2, 0) is 40.3 Å². The van der Waals surface area contributed by atoms with Gasteiger partial charge in [-0.1, -0.05) is 35.4 Å². The monoisotopic (exact) mass is 1240 g/mol. The van der Waals surface area contributed by atoms with Crippen molar-refractivity contribution in [2.24, 2.45) is 40.9 Å². The Labute approximate surface area is 494 Å². The normalized spacial score (nSPS) is 12.7. The third kappa shape index (κ3) is 12.1. The lowest BCUT2D eigenvalue weighted by atomic mass is 10.0. The first-order chi connectivity index (χ1) is 40.4. The van der Waals surface area contributed by atoms with Crippen molar-refractivity contribution >= 4 is 130 Å². The molecular weight excluding hydrogens is 1180 g/mol. The first-order valence-electron chi connectivity index (χ1n) is 25.6. The zero-order chi connectivity index (χ0) is 62.5. The van der Waals surface area contributed by atoms with E-state index in [0.29, 0.717) is 22.5 Å². The molecule has 0 spiro atoms. The van der Waals surface area contributed by atoms with E-state index in [1.807, 2.05) is 52.0 Å². The van der Waals surface area contributed by atoms with Crippen molar-refractivity contribution in [1.82, 2.24) is 0 Å². The first kappa shape index (κ1) is 61.0. The van der Waals surface area contributed by atoms with Crippen LogP contribution in [0.25, 0.3) is 21.5 Å². The van der Waals surface area contributed by atoms with E-state index in [9.17, 15) is 53.0 Å². The SMILES string of the molecule is Cc1ccc(N=Nc2c(C)cc3cc(S(=O)(=O)O)c(N=Nc4ccc(S(=O)(=O)N(C)c5ccc(N(C)S(=O)(=O)c6ccc(N=Nc7c(S(=O)(=O)O)cc8cc(C)c(N=Nc9ccc(C)cc9C)c(N)c8c7O)cc6)cc5)cc4)c(O)c3c2N)c(C)c1. The fourth-order valence-corrected chi connectivity index (χ4v) is 13.0. The largest absolute Gasteiger partial charge is 0.505 e. The second-order valence-corrected chi connectivity index (χ2v) is 26.7. The van der Waals surface area contributed by atoms with Crippen molar-refractivity contribution in [3.63, 3.8) is 0 Å². The standard InChI is InChI=1S/C58H54N12O12S4/c1-31-9-23-45(33(3)25-31)63-65-53-35(5)27-37-29-47(85(77,78)79)55(57(71)49(37)51(53)59)67-61-39-11-19-43(20-12-39)83(73,74)69(7)41-15-17-42(18-16-41)70(8)84(75,76)44-21-13-40(14-22-44)62-68-56-48(86(80,81)82)30-38-28-36(6)54(52(60)50(38)58(56)72)66-64-46-24-10-32(2)26-34(46)4/h9-30,71-72H,59-60H2,1-8H3,(H,77,78,79)(H,80,81,82). The zero-order valence-corrected chi connectivity index (χ0v) is 50.3. The molecule has 8 N–H and O–H groups in total. The van der Waals surface area contributed by atoms with Gasteiger partial charge in [0.2, 0.25) is 0 Å². The van der Waals surface area contributed by atoms with Gasteiger partial charge in [-0.25, -0.2) is 16.8 Å². The van der Waals surface area contributed by atoms with E-state index < -0.39 is 72.9 Å². The molecular formula is C58H54N12O12S4. The molecule has 86 heavy (non-hydrogen) atoms. The number of hydrogen-bond acceptors (Lipinski definition) is 20. The highest BCUT2D eigenvalue weighted by Gasteiger charge is 2.28. The minimum atomic E-state index is -5.01. The van der Waals surface area contributed by atoms with E-state index in [-0.39, 0.29) is 76.8 Å². The lowest BCUT2D eigenvalue weighted by molar-refractivity contribution is 0.472. The molecule has 0 bridgehead atoms. The van der Waals surface area contributed by atoms with Gasteiger partial charge in [0, 0.05) is 14.1 Å². The van der Waals surface area contributed by atoms with Gasteiger partial charge >= 0.3 is 0 Å². The molecule has 28 heteroatoms. The Morgan fingerprint density at radius 1 is 0.384 bits per heavy atom. The van der Waals surface area contributed by atoms with Gasteiger partial charge in [-0.05, 0) is 184 Å². The summed E-state index contributed by atoms with van der Waals surface area (Å²) in [6.45, 7) is 10.9. The molecule has 442 valence electrons. The number of benzene rings is 9. The molecule has 0 heterocycles. The van der Waals surface area contributed by atoms with Gasteiger partial charge < -0.3 is 21.7 Å². The van der Waals surface area contributed by atoms with Crippen LogP contribution in [0.3, 0.4) is 0 Å². The van der Waals surface area contributed by atoms with Crippen LogP contribution < -0.4 is 20.1 Å². The maximum absolute atomic E-state index is 13.9. The summed E-state index contributed by atoms with van der Waals surface area (Å²) < 4.78 is 128. The minimum absolute atomic E-state index is 0.0139. The number of sulfonamides is 2. The number of phenols is 2. The summed E-state index contributed by atoms with van der Waals surface area (Å²) in [4.78, 5) is -1.99. The van der Waals surface area contributed by atoms with Crippen LogP contribution in [0.1, 0.15) is 33.4 Å². The van der Waals surface area contributed by atoms with Crippen LogP contribution >= 0.6 is 0 Å². The average molecular weight is 1240 g/mol. The molecule has 0 unspecified atom stereocenters. The summed E-state index contributed by atoms with van der Waals surface area (Å²) in [7, 11) is -16.0. The van der Waals surface area contributed by atoms with Gasteiger partial charge in [0.25, 0.3) is 40.3 Å². The van der Waals surface area contributed by atoms with Crippen LogP contribution in [0, 0.1) is 41.5 Å². The fraction of sp³-hybridized carbons (Fsp3) is 0.138. The van der Waals surface area contributed by atoms with Gasteiger partial charge in [-0.3, -0.25) is 17.7 Å². The summed E-state index contributed by atoms with van der Waals surface area (Å²) in [6, 6.07) is 31.8. The Hall–Kier alpha value is -9.58. The number of aryl methyl sites for hydroxylation is 6. The van der Waals surface area contributed by atoms with Crippen molar-refractivity contribution in [3.05, 3.63) is 167 Å². The molecule has 0 radical (unpaired) electrons. The predicted octanol–water partition coefficient (Wildman–Crippen LogP) is 14.2. The molecule has 9 aromatic carbocycles. The maximum atomic E-state index is 13.9. The first-order valence-corrected chi connectivity index (χ1v) is 31.3. The second kappa shape index (κ2) is 23.1. The molecule has 9 rings (SSSR count). The molecule has 0 saturated heterocycles. The molecule has 0 atom stereocenters. The van der Waals surface area contributed by atoms with Crippen LogP contribution in [0.5, 0.6) is 11.5 Å². The molecule has 0 aliphatic heterocycles. The van der Waals surface area contributed by atoms with E-state index in [0.717, 1.165) is 43.0 Å². The van der Waals surface area contributed by atoms with Crippen LogP contribution in [0.2, 0.25) is 0 Å². The summed E-state index contributed by atoms with van der Waals surface area (Å²) in [5.74, 6) is -1.47. The van der Waals surface area contributed by atoms with Gasteiger partial charge in [0.05, 0.1) is 66.1 Å². The maximum Gasteiger partial charge on any atom is 0.296 e. The molecule has 0 fully saturated rings. The van der Waals surface area contributed by atoms with Gasteiger partial charge in [0.1, 0.15) is 32.5 Å². The van der Waals surface area contributed by atoms with E-state index in [1.54, 1.807) is 26.0 Å². The number of nitrogen functional groups attached to an aromatic ring is 2. The topological polar surface area (TPSA) is 375 Å². The van der Waals surface area contributed by atoms with Crippen molar-refractivity contribution in [2.75, 3.05) is 34.2 Å². The Kier molecular flexibility index (Phi) is 16.4. The van der Waals surface area contributed by atoms with Crippen molar-refractivity contribution in [2.45, 2.75) is 61.1 Å². The summed E-state index contributed by atoms with van der Waals surface area (Å²) >= 11 is 0. The fourth-order valence-electron chi connectivity index (χ4n) is 9.31. The van der Waals surface area contributed by atoms with Crippen molar-refractivity contribution in [1.29, 1.82) is 0 Å². The number of anilines is 4. The highest BCUT2D eigenvalue weighted by Crippen LogP contribution is 2.49. The van der Waals surface area contributed by atoms with E-state index >= 15 is 0 Å². The third-order valence-corrected chi connectivity index (χ3v) is 19.3.